The van der Waals surface area contributed by atoms with Gasteiger partial charge in [0, 0.05) is 0 Å². The van der Waals surface area contributed by atoms with Gasteiger partial charge in [-0.3, -0.25) is 4.79 Å². The summed E-state index contributed by atoms with van der Waals surface area (Å²) in [6.45, 7) is 2.60. The molecule has 0 aromatic carbocycles. The van der Waals surface area contributed by atoms with E-state index in [2.05, 4.69) is 0 Å². The summed E-state index contributed by atoms with van der Waals surface area (Å²) in [6, 6.07) is -1.38. The van der Waals surface area contributed by atoms with Crippen molar-refractivity contribution in [3.05, 3.63) is 0 Å². The Labute approximate surface area is 116 Å². The fraction of sp³-hybridized carbons (Fsp3) is 0.750. The second-order valence-corrected chi connectivity index (χ2v) is 10.1. The van der Waals surface area contributed by atoms with Gasteiger partial charge in [0.25, 0.3) is 5.91 Å². The van der Waals surface area contributed by atoms with E-state index in [0.717, 1.165) is 4.90 Å². The van der Waals surface area contributed by atoms with Crippen molar-refractivity contribution in [3.63, 3.8) is 0 Å². The molecule has 2 heterocycles. The number of rotatable bonds is 1. The van der Waals surface area contributed by atoms with Crippen LogP contribution in [-0.2, 0) is 19.4 Å². The molecule has 1 amide bonds. The lowest BCUT2D eigenvalue weighted by atomic mass is 9.98. The van der Waals surface area contributed by atoms with Gasteiger partial charge in [-0.1, -0.05) is 11.6 Å². The lowest BCUT2D eigenvalue weighted by Gasteiger charge is -2.45. The SMILES string of the molecule is CC1(C)[C@H](C(=O)O)N2C(=O)[C@@](Cl)(I)[C@H]2S1(=O)=O. The van der Waals surface area contributed by atoms with E-state index in [1.807, 2.05) is 0 Å². The Morgan fingerprint density at radius 2 is 2.00 bits per heavy atom. The summed E-state index contributed by atoms with van der Waals surface area (Å²) in [4.78, 5) is 23.7. The summed E-state index contributed by atoms with van der Waals surface area (Å²) in [5, 5.41) is 7.82. The highest BCUT2D eigenvalue weighted by Crippen LogP contribution is 2.55. The lowest BCUT2D eigenvalue weighted by molar-refractivity contribution is -0.157. The summed E-state index contributed by atoms with van der Waals surface area (Å²) in [6.07, 6.45) is 0. The van der Waals surface area contributed by atoms with Gasteiger partial charge in [-0.05, 0) is 36.4 Å². The fourth-order valence-corrected chi connectivity index (χ4v) is 6.53. The van der Waals surface area contributed by atoms with Crippen LogP contribution >= 0.6 is 34.2 Å². The Kier molecular flexibility index (Phi) is 2.56. The molecule has 3 atom stereocenters. The zero-order valence-electron chi connectivity index (χ0n) is 8.85. The standard InChI is InChI=1S/C8H9ClINO5S/c1-7(2)3(4(12)13)11-5(14)8(9,10)6(11)17(7,15)16/h3,6H,1-2H3,(H,12,13)/t3-,6+,8+/m0/s1. The van der Waals surface area contributed by atoms with Crippen LogP contribution in [0.3, 0.4) is 0 Å². The second kappa shape index (κ2) is 3.27. The van der Waals surface area contributed by atoms with Crippen molar-refractivity contribution in [2.24, 2.45) is 0 Å². The molecule has 17 heavy (non-hydrogen) atoms. The average Bonchev–Trinajstić information content (AvgIpc) is 2.29. The largest absolute Gasteiger partial charge is 0.480 e. The first-order valence-corrected chi connectivity index (χ1v) is 7.64. The molecule has 0 radical (unpaired) electrons. The first-order chi connectivity index (χ1) is 7.47. The van der Waals surface area contributed by atoms with E-state index in [-0.39, 0.29) is 0 Å². The maximum atomic E-state index is 12.2. The van der Waals surface area contributed by atoms with E-state index in [1.54, 1.807) is 22.6 Å². The molecule has 2 aliphatic heterocycles. The minimum atomic E-state index is -3.82. The summed E-state index contributed by atoms with van der Waals surface area (Å²) in [5.41, 5.74) is 0. The molecule has 2 saturated heterocycles. The highest BCUT2D eigenvalue weighted by atomic mass is 127. The van der Waals surface area contributed by atoms with E-state index in [4.69, 9.17) is 16.7 Å². The van der Waals surface area contributed by atoms with Crippen molar-refractivity contribution in [2.45, 2.75) is 32.9 Å². The molecule has 0 spiro atoms. The molecule has 1 N–H and O–H groups in total. The third kappa shape index (κ3) is 1.29. The Bertz CT molecular complexity index is 528. The number of β-lactam (4-membered cyclic amide) rings is 1. The van der Waals surface area contributed by atoms with Crippen molar-refractivity contribution in [1.29, 1.82) is 0 Å². The molecule has 2 rings (SSSR count). The van der Waals surface area contributed by atoms with Gasteiger partial charge in [0.05, 0.1) is 0 Å². The summed E-state index contributed by atoms with van der Waals surface area (Å²) < 4.78 is 21.3. The van der Waals surface area contributed by atoms with Crippen LogP contribution in [0.25, 0.3) is 0 Å². The van der Waals surface area contributed by atoms with Gasteiger partial charge in [-0.15, -0.1) is 0 Å². The van der Waals surface area contributed by atoms with E-state index < -0.39 is 40.8 Å². The fourth-order valence-electron chi connectivity index (χ4n) is 2.28. The number of amides is 1. The number of carbonyl (C=O) groups is 2. The van der Waals surface area contributed by atoms with E-state index in [1.165, 1.54) is 13.8 Å². The van der Waals surface area contributed by atoms with Crippen LogP contribution in [0.2, 0.25) is 0 Å². The number of carbonyl (C=O) groups excluding carboxylic acids is 1. The number of aliphatic carboxylic acids is 1. The van der Waals surface area contributed by atoms with E-state index in [9.17, 15) is 18.0 Å². The molecule has 0 aromatic heterocycles. The quantitative estimate of drug-likeness (QED) is 0.390. The van der Waals surface area contributed by atoms with Gasteiger partial charge in [0.15, 0.2) is 15.2 Å². The van der Waals surface area contributed by atoms with E-state index >= 15 is 0 Å². The number of fused-ring (bicyclic) bond motifs is 1. The molecular formula is C8H9ClINO5S. The molecule has 0 bridgehead atoms. The monoisotopic (exact) mass is 393 g/mol. The Balaban J connectivity index is 2.65. The van der Waals surface area contributed by atoms with Crippen LogP contribution in [0.4, 0.5) is 0 Å². The normalized spacial score (nSPS) is 41.9. The number of nitrogens with zero attached hydrogens (tertiary/aromatic N) is 1. The Morgan fingerprint density at radius 3 is 2.41 bits per heavy atom. The number of sulfone groups is 1. The Hall–Kier alpha value is -0.0900. The summed E-state index contributed by atoms with van der Waals surface area (Å²) in [5.74, 6) is -2.00. The average molecular weight is 394 g/mol. The molecule has 6 nitrogen and oxygen atoms in total. The van der Waals surface area contributed by atoms with Gasteiger partial charge < -0.3 is 10.0 Å². The third-order valence-corrected chi connectivity index (χ3v) is 8.11. The van der Waals surface area contributed by atoms with Crippen molar-refractivity contribution in [2.75, 3.05) is 0 Å². The van der Waals surface area contributed by atoms with Crippen molar-refractivity contribution in [1.82, 2.24) is 4.90 Å². The highest BCUT2D eigenvalue weighted by molar-refractivity contribution is 14.1. The van der Waals surface area contributed by atoms with Gasteiger partial charge >= 0.3 is 5.97 Å². The minimum Gasteiger partial charge on any atom is -0.480 e. The lowest BCUT2D eigenvalue weighted by Crippen LogP contribution is -2.69. The number of hydrogen-bond acceptors (Lipinski definition) is 4. The topological polar surface area (TPSA) is 91.8 Å². The smallest absolute Gasteiger partial charge is 0.328 e. The van der Waals surface area contributed by atoms with Crippen LogP contribution in [0.5, 0.6) is 0 Å². The summed E-state index contributed by atoms with van der Waals surface area (Å²) >= 11 is 7.41. The minimum absolute atomic E-state index is 0.661. The van der Waals surface area contributed by atoms with Gasteiger partial charge in [-0.25, -0.2) is 13.2 Å². The summed E-state index contributed by atoms with van der Waals surface area (Å²) in [7, 11) is -3.82. The van der Waals surface area contributed by atoms with Gasteiger partial charge in [0.2, 0.25) is 2.88 Å². The molecule has 0 saturated carbocycles. The first kappa shape index (κ1) is 13.3. The predicted molar refractivity (Wildman–Crippen MR) is 67.7 cm³/mol. The van der Waals surface area contributed by atoms with Crippen molar-refractivity contribution >= 4 is 55.9 Å². The number of carboxylic acid groups (broad SMARTS) is 1. The van der Waals surface area contributed by atoms with Crippen LogP contribution in [0, 0.1) is 0 Å². The number of carboxylic acids is 1. The molecule has 0 aliphatic carbocycles. The Morgan fingerprint density at radius 1 is 1.53 bits per heavy atom. The zero-order valence-corrected chi connectivity index (χ0v) is 12.6. The maximum absolute atomic E-state index is 12.2. The van der Waals surface area contributed by atoms with E-state index in [0.29, 0.717) is 0 Å². The predicted octanol–water partition coefficient (Wildman–Crippen LogP) is 0.185. The molecule has 96 valence electrons. The van der Waals surface area contributed by atoms with Gasteiger partial charge in [-0.2, -0.15) is 0 Å². The van der Waals surface area contributed by atoms with Gasteiger partial charge in [0.1, 0.15) is 10.8 Å². The van der Waals surface area contributed by atoms with Crippen LogP contribution in [-0.4, -0.2) is 49.3 Å². The molecule has 0 unspecified atom stereocenters. The van der Waals surface area contributed by atoms with Crippen molar-refractivity contribution < 1.29 is 23.1 Å². The zero-order chi connectivity index (χ0) is 13.4. The molecular weight excluding hydrogens is 385 g/mol. The molecule has 2 fully saturated rings. The second-order valence-electron chi connectivity index (χ2n) is 4.58. The van der Waals surface area contributed by atoms with Crippen LogP contribution < -0.4 is 0 Å². The highest BCUT2D eigenvalue weighted by Gasteiger charge is 2.77. The molecule has 9 heteroatoms. The molecule has 0 aromatic rings. The number of alkyl halides is 2. The molecule has 2 aliphatic rings. The van der Waals surface area contributed by atoms with Crippen molar-refractivity contribution in [3.8, 4) is 0 Å². The maximum Gasteiger partial charge on any atom is 0.328 e. The third-order valence-electron chi connectivity index (χ3n) is 3.28. The van der Waals surface area contributed by atoms with Crippen LogP contribution in [0.15, 0.2) is 0 Å². The first-order valence-electron chi connectivity index (χ1n) is 4.64. The number of halogens is 2. The number of hydrogen-bond donors (Lipinski definition) is 1. The van der Waals surface area contributed by atoms with Crippen LogP contribution in [0.1, 0.15) is 13.8 Å².